The van der Waals surface area contributed by atoms with Crippen LogP contribution in [0.1, 0.15) is 25.2 Å². The van der Waals surface area contributed by atoms with E-state index in [-0.39, 0.29) is 5.43 Å². The van der Waals surface area contributed by atoms with E-state index in [1.165, 1.54) is 18.4 Å². The van der Waals surface area contributed by atoms with Gasteiger partial charge in [-0.3, -0.25) is 4.79 Å². The number of benzene rings is 2. The largest absolute Gasteiger partial charge is 0.479 e. The van der Waals surface area contributed by atoms with Crippen LogP contribution in [0.5, 0.6) is 5.75 Å². The highest BCUT2D eigenvalue weighted by Gasteiger charge is 2.21. The van der Waals surface area contributed by atoms with E-state index in [0.29, 0.717) is 39.5 Å². The third kappa shape index (κ3) is 3.45. The molecule has 2 aromatic heterocycles. The normalized spacial score (nSPS) is 12.3. The number of thiazole rings is 1. The molecule has 0 amide bonds. The molecule has 0 radical (unpaired) electrons. The van der Waals surface area contributed by atoms with Crippen LogP contribution in [0.2, 0.25) is 0 Å². The van der Waals surface area contributed by atoms with Gasteiger partial charge in [-0.25, -0.2) is 9.78 Å². The number of rotatable bonds is 5. The minimum atomic E-state index is -0.771. The molecule has 30 heavy (non-hydrogen) atoms. The summed E-state index contributed by atoms with van der Waals surface area (Å²) in [6.45, 7) is 5.34. The number of para-hydroxylation sites is 1. The summed E-state index contributed by atoms with van der Waals surface area (Å²) in [6, 6.07) is 11.2. The van der Waals surface area contributed by atoms with Crippen LogP contribution in [-0.2, 0) is 16.0 Å². The maximum atomic E-state index is 13.4. The van der Waals surface area contributed by atoms with Gasteiger partial charge in [-0.15, -0.1) is 11.3 Å². The second-order valence-corrected chi connectivity index (χ2v) is 7.97. The Morgan fingerprint density at radius 2 is 2.03 bits per heavy atom. The molecule has 1 atom stereocenters. The second-order valence-electron chi connectivity index (χ2n) is 6.94. The lowest BCUT2D eigenvalue weighted by molar-refractivity contribution is -0.147. The van der Waals surface area contributed by atoms with E-state index in [0.717, 1.165) is 15.8 Å². The summed E-state index contributed by atoms with van der Waals surface area (Å²) >= 11 is 1.47. The molecule has 0 saturated carbocycles. The Kier molecular flexibility index (Phi) is 5.30. The molecule has 0 fully saturated rings. The van der Waals surface area contributed by atoms with E-state index in [1.807, 2.05) is 31.2 Å². The summed E-state index contributed by atoms with van der Waals surface area (Å²) in [5, 5.41) is 1.10. The number of aromatic nitrogens is 1. The van der Waals surface area contributed by atoms with Crippen molar-refractivity contribution in [3.05, 3.63) is 57.9 Å². The van der Waals surface area contributed by atoms with Gasteiger partial charge in [-0.05, 0) is 44.0 Å². The van der Waals surface area contributed by atoms with Gasteiger partial charge < -0.3 is 13.9 Å². The number of aryl methyl sites for hydroxylation is 2. The molecule has 0 N–H and O–H groups in total. The summed E-state index contributed by atoms with van der Waals surface area (Å²) in [6.07, 6.45) is -0.143. The van der Waals surface area contributed by atoms with Crippen molar-refractivity contribution in [3.8, 4) is 16.3 Å². The average Bonchev–Trinajstić information content (AvgIpc) is 3.16. The Hall–Kier alpha value is -3.19. The van der Waals surface area contributed by atoms with Crippen molar-refractivity contribution in [2.24, 2.45) is 0 Å². The molecule has 154 valence electrons. The first-order chi connectivity index (χ1) is 14.4. The van der Waals surface area contributed by atoms with E-state index in [4.69, 9.17) is 13.9 Å². The van der Waals surface area contributed by atoms with Crippen molar-refractivity contribution in [1.82, 2.24) is 4.98 Å². The van der Waals surface area contributed by atoms with Crippen molar-refractivity contribution in [3.63, 3.8) is 0 Å². The molecule has 6 nitrogen and oxygen atoms in total. The highest BCUT2D eigenvalue weighted by molar-refractivity contribution is 7.21. The fourth-order valence-electron chi connectivity index (χ4n) is 3.40. The summed E-state index contributed by atoms with van der Waals surface area (Å²) in [5.74, 6) is 0.516. The van der Waals surface area contributed by atoms with E-state index < -0.39 is 12.1 Å². The smallest absolute Gasteiger partial charge is 0.346 e. The van der Waals surface area contributed by atoms with Crippen LogP contribution >= 0.6 is 11.3 Å². The van der Waals surface area contributed by atoms with Crippen LogP contribution in [0.25, 0.3) is 31.8 Å². The number of hydrogen-bond acceptors (Lipinski definition) is 7. The van der Waals surface area contributed by atoms with Gasteiger partial charge in [-0.1, -0.05) is 19.1 Å². The molecule has 0 saturated heterocycles. The lowest BCUT2D eigenvalue weighted by Gasteiger charge is -2.16. The van der Waals surface area contributed by atoms with Crippen LogP contribution < -0.4 is 10.2 Å². The molecule has 4 aromatic rings. The van der Waals surface area contributed by atoms with Gasteiger partial charge in [0, 0.05) is 6.07 Å². The summed E-state index contributed by atoms with van der Waals surface area (Å²) in [5.41, 5.74) is 2.42. The fraction of sp³-hybridized carbons (Fsp3) is 0.261. The molecular weight excluding hydrogens is 402 g/mol. The maximum absolute atomic E-state index is 13.4. The number of hydrogen-bond donors (Lipinski definition) is 0. The van der Waals surface area contributed by atoms with Gasteiger partial charge in [0.05, 0.1) is 28.3 Å². The molecular formula is C23H21NO5S. The molecule has 0 aliphatic heterocycles. The summed E-state index contributed by atoms with van der Waals surface area (Å²) < 4.78 is 17.5. The number of carbonyl (C=O) groups excluding carboxylic acids is 1. The predicted molar refractivity (Wildman–Crippen MR) is 117 cm³/mol. The lowest BCUT2D eigenvalue weighted by atomic mass is 10.1. The van der Waals surface area contributed by atoms with Crippen LogP contribution in [0.15, 0.2) is 45.6 Å². The molecule has 0 aliphatic carbocycles. The van der Waals surface area contributed by atoms with E-state index >= 15 is 0 Å². The van der Waals surface area contributed by atoms with Gasteiger partial charge in [0.25, 0.3) is 0 Å². The molecule has 2 aromatic carbocycles. The van der Waals surface area contributed by atoms with Crippen molar-refractivity contribution in [2.45, 2.75) is 33.3 Å². The van der Waals surface area contributed by atoms with Crippen molar-refractivity contribution in [2.75, 3.05) is 7.11 Å². The zero-order chi connectivity index (χ0) is 21.4. The minimum absolute atomic E-state index is 0.130. The van der Waals surface area contributed by atoms with Gasteiger partial charge in [0.2, 0.25) is 5.43 Å². The molecule has 0 spiro atoms. The highest BCUT2D eigenvalue weighted by atomic mass is 32.1. The molecule has 0 aliphatic rings. The standard InChI is InChI=1S/C23H21NO5S/c1-5-14-10-15-18(11-17(14)29-13(3)23(26)27-4)28-12(2)20(21(15)25)22-24-16-8-6-7-9-19(16)30-22/h6-11,13H,5H2,1-4H3. The van der Waals surface area contributed by atoms with E-state index in [1.54, 1.807) is 26.0 Å². The van der Waals surface area contributed by atoms with Crippen LogP contribution in [0.3, 0.4) is 0 Å². The van der Waals surface area contributed by atoms with Gasteiger partial charge in [0.15, 0.2) is 6.10 Å². The zero-order valence-corrected chi connectivity index (χ0v) is 18.0. The number of fused-ring (bicyclic) bond motifs is 2. The van der Waals surface area contributed by atoms with Crippen molar-refractivity contribution >= 4 is 38.5 Å². The predicted octanol–water partition coefficient (Wildman–Crippen LogP) is 4.88. The Labute approximate surface area is 177 Å². The third-order valence-corrected chi connectivity index (χ3v) is 6.03. The van der Waals surface area contributed by atoms with Crippen LogP contribution in [0.4, 0.5) is 0 Å². The highest BCUT2D eigenvalue weighted by Crippen LogP contribution is 2.33. The first kappa shape index (κ1) is 20.1. The zero-order valence-electron chi connectivity index (χ0n) is 17.1. The van der Waals surface area contributed by atoms with Gasteiger partial charge in [0.1, 0.15) is 22.1 Å². The topological polar surface area (TPSA) is 78.6 Å². The fourth-order valence-corrected chi connectivity index (χ4v) is 4.45. The summed E-state index contributed by atoms with van der Waals surface area (Å²) in [7, 11) is 1.31. The minimum Gasteiger partial charge on any atom is -0.479 e. The number of ether oxygens (including phenoxy) is 2. The van der Waals surface area contributed by atoms with Gasteiger partial charge >= 0.3 is 5.97 Å². The first-order valence-electron chi connectivity index (χ1n) is 9.63. The molecule has 1 unspecified atom stereocenters. The number of carbonyl (C=O) groups is 1. The second kappa shape index (κ2) is 7.91. The average molecular weight is 423 g/mol. The third-order valence-electron chi connectivity index (χ3n) is 4.98. The number of esters is 1. The Morgan fingerprint density at radius 3 is 2.73 bits per heavy atom. The molecule has 0 bridgehead atoms. The number of methoxy groups -OCH3 is 1. The SMILES string of the molecule is CCc1cc2c(=O)c(-c3nc4ccccc4s3)c(C)oc2cc1OC(C)C(=O)OC. The number of nitrogens with zero attached hydrogens (tertiary/aromatic N) is 1. The maximum Gasteiger partial charge on any atom is 0.346 e. The van der Waals surface area contributed by atoms with Crippen molar-refractivity contribution in [1.29, 1.82) is 0 Å². The van der Waals surface area contributed by atoms with Gasteiger partial charge in [-0.2, -0.15) is 0 Å². The van der Waals surface area contributed by atoms with E-state index in [9.17, 15) is 9.59 Å². The molecule has 7 heteroatoms. The van der Waals surface area contributed by atoms with Crippen LogP contribution in [0, 0.1) is 6.92 Å². The molecule has 4 rings (SSSR count). The lowest BCUT2D eigenvalue weighted by Crippen LogP contribution is -2.25. The monoisotopic (exact) mass is 423 g/mol. The molecule has 2 heterocycles. The van der Waals surface area contributed by atoms with Crippen LogP contribution in [-0.4, -0.2) is 24.2 Å². The Morgan fingerprint density at radius 1 is 1.27 bits per heavy atom. The summed E-state index contributed by atoms with van der Waals surface area (Å²) in [4.78, 5) is 29.7. The first-order valence-corrected chi connectivity index (χ1v) is 10.4. The Balaban J connectivity index is 1.87. The Bertz CT molecular complexity index is 1290. The van der Waals surface area contributed by atoms with E-state index in [2.05, 4.69) is 4.98 Å². The quantitative estimate of drug-likeness (QED) is 0.426. The van der Waals surface area contributed by atoms with Crippen molar-refractivity contribution < 1.29 is 18.7 Å².